The van der Waals surface area contributed by atoms with Crippen molar-refractivity contribution in [1.82, 2.24) is 4.90 Å². The van der Waals surface area contributed by atoms with Gasteiger partial charge in [-0.25, -0.2) is 4.79 Å². The van der Waals surface area contributed by atoms with Gasteiger partial charge in [0, 0.05) is 25.6 Å². The van der Waals surface area contributed by atoms with E-state index < -0.39 is 5.97 Å². The maximum absolute atomic E-state index is 12.2. The van der Waals surface area contributed by atoms with Crippen LogP contribution in [-0.2, 0) is 17.8 Å². The lowest BCUT2D eigenvalue weighted by Gasteiger charge is -2.30. The van der Waals surface area contributed by atoms with Gasteiger partial charge in [-0.3, -0.25) is 4.79 Å². The Hall–Kier alpha value is -1.88. The largest absolute Gasteiger partial charge is 0.478 e. The van der Waals surface area contributed by atoms with Crippen molar-refractivity contribution in [2.75, 3.05) is 6.54 Å². The molecule has 1 atom stereocenters. The van der Waals surface area contributed by atoms with E-state index in [1.54, 1.807) is 17.0 Å². The highest BCUT2D eigenvalue weighted by Gasteiger charge is 2.22. The summed E-state index contributed by atoms with van der Waals surface area (Å²) in [6.07, 6.45) is 2.95. The Morgan fingerprint density at radius 2 is 2.14 bits per heavy atom. The fourth-order valence-corrected chi connectivity index (χ4v) is 2.73. The first kappa shape index (κ1) is 15.5. The van der Waals surface area contributed by atoms with E-state index >= 15 is 0 Å². The molecule has 0 aliphatic carbocycles. The second kappa shape index (κ2) is 6.72. The van der Waals surface area contributed by atoms with Gasteiger partial charge in [0.25, 0.3) is 0 Å². The molecule has 0 aromatic heterocycles. The number of carbonyl (C=O) groups is 2. The molecule has 1 unspecified atom stereocenters. The van der Waals surface area contributed by atoms with Crippen molar-refractivity contribution in [3.8, 4) is 0 Å². The SMILES string of the molecule is CCCC(N)CC(=O)N1CCc2ccc(C(=O)O)cc2C1. The minimum absolute atomic E-state index is 0.0577. The first-order valence-corrected chi connectivity index (χ1v) is 7.39. The van der Waals surface area contributed by atoms with Gasteiger partial charge in [-0.15, -0.1) is 0 Å². The fraction of sp³-hybridized carbons (Fsp3) is 0.500. The molecular formula is C16H22N2O3. The van der Waals surface area contributed by atoms with Crippen LogP contribution in [0.15, 0.2) is 18.2 Å². The van der Waals surface area contributed by atoms with Gasteiger partial charge >= 0.3 is 5.97 Å². The van der Waals surface area contributed by atoms with E-state index in [0.29, 0.717) is 19.5 Å². The van der Waals surface area contributed by atoms with Crippen LogP contribution in [0.1, 0.15) is 47.7 Å². The average Bonchev–Trinajstić information content (AvgIpc) is 2.46. The third kappa shape index (κ3) is 3.82. The predicted octanol–water partition coefficient (Wildman–Crippen LogP) is 1.79. The summed E-state index contributed by atoms with van der Waals surface area (Å²) in [4.78, 5) is 25.0. The fourth-order valence-electron chi connectivity index (χ4n) is 2.73. The summed E-state index contributed by atoms with van der Waals surface area (Å²) in [5.74, 6) is -0.881. The molecule has 0 saturated heterocycles. The number of hydrogen-bond acceptors (Lipinski definition) is 3. The Labute approximate surface area is 124 Å². The zero-order valence-corrected chi connectivity index (χ0v) is 12.3. The van der Waals surface area contributed by atoms with Gasteiger partial charge in [0.05, 0.1) is 5.56 Å². The molecule has 21 heavy (non-hydrogen) atoms. The zero-order valence-electron chi connectivity index (χ0n) is 12.3. The second-order valence-corrected chi connectivity index (χ2v) is 5.61. The topological polar surface area (TPSA) is 83.6 Å². The van der Waals surface area contributed by atoms with Crippen LogP contribution in [0.5, 0.6) is 0 Å². The molecule has 1 aliphatic rings. The van der Waals surface area contributed by atoms with E-state index in [2.05, 4.69) is 6.92 Å². The number of carboxylic acids is 1. The molecular weight excluding hydrogens is 268 g/mol. The van der Waals surface area contributed by atoms with Crippen molar-refractivity contribution in [1.29, 1.82) is 0 Å². The van der Waals surface area contributed by atoms with Crippen LogP contribution < -0.4 is 5.73 Å². The van der Waals surface area contributed by atoms with Crippen LogP contribution in [0.25, 0.3) is 0 Å². The molecule has 5 heteroatoms. The molecule has 0 spiro atoms. The van der Waals surface area contributed by atoms with Crippen molar-refractivity contribution in [3.63, 3.8) is 0 Å². The van der Waals surface area contributed by atoms with Gasteiger partial charge in [0.2, 0.25) is 5.91 Å². The van der Waals surface area contributed by atoms with Gasteiger partial charge in [-0.05, 0) is 36.1 Å². The third-order valence-electron chi connectivity index (χ3n) is 3.91. The summed E-state index contributed by atoms with van der Waals surface area (Å²) in [6, 6.07) is 5.05. The number of fused-ring (bicyclic) bond motifs is 1. The Balaban J connectivity index is 2.05. The molecule has 1 aliphatic heterocycles. The van der Waals surface area contributed by atoms with E-state index in [-0.39, 0.29) is 17.5 Å². The third-order valence-corrected chi connectivity index (χ3v) is 3.91. The second-order valence-electron chi connectivity index (χ2n) is 5.61. The van der Waals surface area contributed by atoms with E-state index in [4.69, 9.17) is 10.8 Å². The maximum Gasteiger partial charge on any atom is 0.335 e. The molecule has 3 N–H and O–H groups in total. The molecule has 0 fully saturated rings. The number of rotatable bonds is 5. The summed E-state index contributed by atoms with van der Waals surface area (Å²) in [5, 5.41) is 9.04. The number of nitrogens with zero attached hydrogens (tertiary/aromatic N) is 1. The van der Waals surface area contributed by atoms with E-state index in [0.717, 1.165) is 30.4 Å². The number of benzene rings is 1. The van der Waals surface area contributed by atoms with Crippen molar-refractivity contribution in [2.24, 2.45) is 5.73 Å². The molecule has 1 aromatic rings. The number of nitrogens with two attached hydrogens (primary N) is 1. The van der Waals surface area contributed by atoms with Gasteiger partial charge < -0.3 is 15.7 Å². The van der Waals surface area contributed by atoms with Crippen molar-refractivity contribution in [2.45, 2.75) is 45.2 Å². The molecule has 0 radical (unpaired) electrons. The number of amides is 1. The highest BCUT2D eigenvalue weighted by molar-refractivity contribution is 5.88. The van der Waals surface area contributed by atoms with Crippen molar-refractivity contribution < 1.29 is 14.7 Å². The van der Waals surface area contributed by atoms with E-state index in [9.17, 15) is 9.59 Å². The van der Waals surface area contributed by atoms with Crippen LogP contribution >= 0.6 is 0 Å². The predicted molar refractivity (Wildman–Crippen MR) is 80.0 cm³/mol. The Morgan fingerprint density at radius 3 is 2.81 bits per heavy atom. The first-order valence-electron chi connectivity index (χ1n) is 7.39. The highest BCUT2D eigenvalue weighted by atomic mass is 16.4. The van der Waals surface area contributed by atoms with Crippen LogP contribution in [0.2, 0.25) is 0 Å². The first-order chi connectivity index (χ1) is 10.0. The molecule has 1 aromatic carbocycles. The van der Waals surface area contributed by atoms with Crippen LogP contribution in [0.3, 0.4) is 0 Å². The number of carbonyl (C=O) groups excluding carboxylic acids is 1. The van der Waals surface area contributed by atoms with Crippen LogP contribution in [0.4, 0.5) is 0 Å². The average molecular weight is 290 g/mol. The van der Waals surface area contributed by atoms with Gasteiger partial charge in [0.1, 0.15) is 0 Å². The van der Waals surface area contributed by atoms with Crippen LogP contribution in [0, 0.1) is 0 Å². The quantitative estimate of drug-likeness (QED) is 0.866. The molecule has 2 rings (SSSR count). The number of aromatic carboxylic acids is 1. The highest BCUT2D eigenvalue weighted by Crippen LogP contribution is 2.21. The lowest BCUT2D eigenvalue weighted by atomic mass is 9.96. The summed E-state index contributed by atoms with van der Waals surface area (Å²) in [5.41, 5.74) is 8.25. The maximum atomic E-state index is 12.2. The normalized spacial score (nSPS) is 15.4. The van der Waals surface area contributed by atoms with Gasteiger partial charge in [0.15, 0.2) is 0 Å². The summed E-state index contributed by atoms with van der Waals surface area (Å²) in [6.45, 7) is 3.21. The molecule has 1 heterocycles. The molecule has 0 bridgehead atoms. The molecule has 5 nitrogen and oxygen atoms in total. The van der Waals surface area contributed by atoms with Gasteiger partial charge in [-0.2, -0.15) is 0 Å². The van der Waals surface area contributed by atoms with E-state index in [1.165, 1.54) is 0 Å². The van der Waals surface area contributed by atoms with Gasteiger partial charge in [-0.1, -0.05) is 19.4 Å². The Kier molecular flexibility index (Phi) is 4.96. The smallest absolute Gasteiger partial charge is 0.335 e. The van der Waals surface area contributed by atoms with Crippen LogP contribution in [-0.4, -0.2) is 34.5 Å². The summed E-state index contributed by atoms with van der Waals surface area (Å²) >= 11 is 0. The Bertz CT molecular complexity index is 542. The number of hydrogen-bond donors (Lipinski definition) is 2. The standard InChI is InChI=1S/C16H22N2O3/c1-2-3-14(17)9-15(19)18-7-6-11-4-5-12(16(20)21)8-13(11)10-18/h4-5,8,14H,2-3,6-7,9-10,17H2,1H3,(H,20,21). The molecule has 1 amide bonds. The van der Waals surface area contributed by atoms with Crippen molar-refractivity contribution in [3.05, 3.63) is 34.9 Å². The lowest BCUT2D eigenvalue weighted by Crippen LogP contribution is -2.39. The minimum Gasteiger partial charge on any atom is -0.478 e. The Morgan fingerprint density at radius 1 is 1.38 bits per heavy atom. The summed E-state index contributed by atoms with van der Waals surface area (Å²) in [7, 11) is 0. The zero-order chi connectivity index (χ0) is 15.4. The van der Waals surface area contributed by atoms with E-state index in [1.807, 2.05) is 6.07 Å². The minimum atomic E-state index is -0.939. The van der Waals surface area contributed by atoms with Crippen molar-refractivity contribution >= 4 is 11.9 Å². The monoisotopic (exact) mass is 290 g/mol. The summed E-state index contributed by atoms with van der Waals surface area (Å²) < 4.78 is 0. The number of carboxylic acid groups (broad SMARTS) is 1. The molecule has 0 saturated carbocycles. The lowest BCUT2D eigenvalue weighted by molar-refractivity contribution is -0.132. The molecule has 114 valence electrons.